The zero-order valence-corrected chi connectivity index (χ0v) is 11.8. The molecule has 2 aromatic heterocycles. The van der Waals surface area contributed by atoms with Crippen LogP contribution >= 0.6 is 0 Å². The van der Waals surface area contributed by atoms with Crippen molar-refractivity contribution >= 4 is 33.4 Å². The largest absolute Gasteiger partial charge is 0.321 e. The second-order valence-electron chi connectivity index (χ2n) is 5.25. The van der Waals surface area contributed by atoms with Crippen LogP contribution in [0.1, 0.15) is 16.1 Å². The fourth-order valence-corrected chi connectivity index (χ4v) is 2.51. The zero-order valence-electron chi connectivity index (χ0n) is 11.8. The van der Waals surface area contributed by atoms with Gasteiger partial charge >= 0.3 is 0 Å². The summed E-state index contributed by atoms with van der Waals surface area (Å²) in [6.45, 7) is 1.99. The number of amides is 1. The lowest BCUT2D eigenvalue weighted by atomic mass is 10.1. The van der Waals surface area contributed by atoms with Crippen molar-refractivity contribution in [3.05, 3.63) is 53.9 Å². The van der Waals surface area contributed by atoms with Gasteiger partial charge in [0.15, 0.2) is 5.69 Å². The number of rotatable bonds is 2. The number of carbonyl (C=O) groups is 1. The van der Waals surface area contributed by atoms with E-state index >= 15 is 0 Å². The van der Waals surface area contributed by atoms with Gasteiger partial charge in [0.05, 0.1) is 17.2 Å². The molecule has 1 amide bonds. The second-order valence-corrected chi connectivity index (χ2v) is 5.25. The molecular weight excluding hydrogens is 278 g/mol. The predicted octanol–water partition coefficient (Wildman–Crippen LogP) is 3.00. The van der Waals surface area contributed by atoms with E-state index in [-0.39, 0.29) is 5.91 Å². The molecule has 6 heteroatoms. The van der Waals surface area contributed by atoms with Gasteiger partial charge in [0.25, 0.3) is 5.91 Å². The molecule has 0 unspecified atom stereocenters. The highest BCUT2D eigenvalue weighted by atomic mass is 16.1. The van der Waals surface area contributed by atoms with Crippen LogP contribution < -0.4 is 5.32 Å². The van der Waals surface area contributed by atoms with Gasteiger partial charge in [0.1, 0.15) is 0 Å². The number of benzene rings is 2. The Morgan fingerprint density at radius 3 is 2.86 bits per heavy atom. The van der Waals surface area contributed by atoms with Crippen LogP contribution in [0.25, 0.3) is 21.8 Å². The van der Waals surface area contributed by atoms with Crippen molar-refractivity contribution in [1.29, 1.82) is 0 Å². The maximum absolute atomic E-state index is 12.5. The number of aromatic amines is 2. The summed E-state index contributed by atoms with van der Waals surface area (Å²) in [5.74, 6) is -0.236. The number of aryl methyl sites for hydroxylation is 1. The first-order valence-corrected chi connectivity index (χ1v) is 6.90. The smallest absolute Gasteiger partial charge is 0.276 e. The van der Waals surface area contributed by atoms with E-state index < -0.39 is 0 Å². The van der Waals surface area contributed by atoms with E-state index in [1.807, 2.05) is 43.3 Å². The lowest BCUT2D eigenvalue weighted by Gasteiger charge is -2.03. The van der Waals surface area contributed by atoms with Crippen molar-refractivity contribution in [2.24, 2.45) is 0 Å². The number of carbonyl (C=O) groups excluding carboxylic acids is 1. The van der Waals surface area contributed by atoms with E-state index in [0.717, 1.165) is 27.4 Å². The van der Waals surface area contributed by atoms with Gasteiger partial charge in [-0.15, -0.1) is 0 Å². The van der Waals surface area contributed by atoms with Crippen molar-refractivity contribution < 1.29 is 4.79 Å². The number of hydrogen-bond donors (Lipinski definition) is 3. The molecule has 0 radical (unpaired) electrons. The van der Waals surface area contributed by atoms with Crippen molar-refractivity contribution in [3.8, 4) is 0 Å². The van der Waals surface area contributed by atoms with Gasteiger partial charge in [-0.25, -0.2) is 0 Å². The molecule has 0 atom stereocenters. The summed E-state index contributed by atoms with van der Waals surface area (Å²) in [5.41, 5.74) is 3.97. The Kier molecular flexibility index (Phi) is 2.69. The predicted molar refractivity (Wildman–Crippen MR) is 84.9 cm³/mol. The summed E-state index contributed by atoms with van der Waals surface area (Å²) >= 11 is 0. The molecule has 0 aliphatic carbocycles. The molecule has 108 valence electrons. The van der Waals surface area contributed by atoms with Gasteiger partial charge in [0.2, 0.25) is 0 Å². The number of nitrogens with zero attached hydrogens (tertiary/aromatic N) is 2. The maximum atomic E-state index is 12.5. The van der Waals surface area contributed by atoms with Gasteiger partial charge in [0, 0.05) is 16.5 Å². The summed E-state index contributed by atoms with van der Waals surface area (Å²) in [6, 6.07) is 11.4. The number of fused-ring (bicyclic) bond motifs is 2. The van der Waals surface area contributed by atoms with Crippen molar-refractivity contribution in [3.63, 3.8) is 0 Å². The molecule has 2 heterocycles. The second kappa shape index (κ2) is 4.70. The number of H-pyrrole nitrogens is 2. The van der Waals surface area contributed by atoms with E-state index in [4.69, 9.17) is 0 Å². The molecule has 2 aromatic carbocycles. The minimum atomic E-state index is -0.236. The monoisotopic (exact) mass is 291 g/mol. The standard InChI is InChI=1S/C16H13N5O/c1-9-2-4-14-12(6-9)15(21-20-14)16(22)18-11-3-5-13-10(7-11)8-17-19-13/h2-8H,1H3,(H,17,19)(H,18,22)(H,20,21). The first-order chi connectivity index (χ1) is 10.7. The van der Waals surface area contributed by atoms with Crippen LogP contribution in [-0.2, 0) is 0 Å². The minimum Gasteiger partial charge on any atom is -0.321 e. The molecule has 0 bridgehead atoms. The van der Waals surface area contributed by atoms with Crippen molar-refractivity contribution in [1.82, 2.24) is 20.4 Å². The third-order valence-electron chi connectivity index (χ3n) is 3.63. The molecule has 0 saturated heterocycles. The number of aromatic nitrogens is 4. The highest BCUT2D eigenvalue weighted by Gasteiger charge is 2.14. The first kappa shape index (κ1) is 12.6. The van der Waals surface area contributed by atoms with Gasteiger partial charge in [-0.05, 0) is 37.3 Å². The molecular formula is C16H13N5O. The molecule has 22 heavy (non-hydrogen) atoms. The molecule has 0 aliphatic rings. The van der Waals surface area contributed by atoms with Crippen LogP contribution in [0.4, 0.5) is 5.69 Å². The van der Waals surface area contributed by atoms with E-state index in [0.29, 0.717) is 11.4 Å². The normalized spacial score (nSPS) is 11.1. The summed E-state index contributed by atoms with van der Waals surface area (Å²) < 4.78 is 0. The van der Waals surface area contributed by atoms with Crippen LogP contribution in [0, 0.1) is 6.92 Å². The van der Waals surface area contributed by atoms with Crippen LogP contribution in [-0.4, -0.2) is 26.3 Å². The average Bonchev–Trinajstić information content (AvgIpc) is 3.12. The van der Waals surface area contributed by atoms with E-state index in [9.17, 15) is 4.79 Å². The summed E-state index contributed by atoms with van der Waals surface area (Å²) in [6.07, 6.45) is 1.72. The Bertz CT molecular complexity index is 998. The minimum absolute atomic E-state index is 0.236. The number of hydrogen-bond acceptors (Lipinski definition) is 3. The first-order valence-electron chi connectivity index (χ1n) is 6.90. The highest BCUT2D eigenvalue weighted by molar-refractivity contribution is 6.11. The Morgan fingerprint density at radius 1 is 1.09 bits per heavy atom. The van der Waals surface area contributed by atoms with Gasteiger partial charge in [-0.2, -0.15) is 10.2 Å². The summed E-state index contributed by atoms with van der Waals surface area (Å²) in [7, 11) is 0. The Labute approximate surface area is 125 Å². The molecule has 3 N–H and O–H groups in total. The van der Waals surface area contributed by atoms with Gasteiger partial charge < -0.3 is 5.32 Å². The van der Waals surface area contributed by atoms with E-state index in [1.54, 1.807) is 6.20 Å². The van der Waals surface area contributed by atoms with Gasteiger partial charge in [-0.3, -0.25) is 15.0 Å². The topological polar surface area (TPSA) is 86.5 Å². The van der Waals surface area contributed by atoms with Crippen LogP contribution in [0.2, 0.25) is 0 Å². The molecule has 0 spiro atoms. The van der Waals surface area contributed by atoms with Crippen molar-refractivity contribution in [2.75, 3.05) is 5.32 Å². The third-order valence-corrected chi connectivity index (χ3v) is 3.63. The van der Waals surface area contributed by atoms with Crippen LogP contribution in [0.5, 0.6) is 0 Å². The summed E-state index contributed by atoms with van der Waals surface area (Å²) in [4.78, 5) is 12.5. The fourth-order valence-electron chi connectivity index (χ4n) is 2.51. The van der Waals surface area contributed by atoms with Crippen molar-refractivity contribution in [2.45, 2.75) is 6.92 Å². The summed E-state index contributed by atoms with van der Waals surface area (Å²) in [5, 5.41) is 18.5. The highest BCUT2D eigenvalue weighted by Crippen LogP contribution is 2.20. The van der Waals surface area contributed by atoms with E-state index in [2.05, 4.69) is 25.7 Å². The van der Waals surface area contributed by atoms with Crippen LogP contribution in [0.15, 0.2) is 42.6 Å². The molecule has 6 nitrogen and oxygen atoms in total. The Hall–Kier alpha value is -3.15. The molecule has 4 aromatic rings. The van der Waals surface area contributed by atoms with Crippen LogP contribution in [0.3, 0.4) is 0 Å². The maximum Gasteiger partial charge on any atom is 0.276 e. The molecule has 0 saturated carbocycles. The lowest BCUT2D eigenvalue weighted by Crippen LogP contribution is -2.12. The Morgan fingerprint density at radius 2 is 1.95 bits per heavy atom. The average molecular weight is 291 g/mol. The fraction of sp³-hybridized carbons (Fsp3) is 0.0625. The Balaban J connectivity index is 1.69. The number of anilines is 1. The van der Waals surface area contributed by atoms with E-state index in [1.165, 1.54) is 0 Å². The lowest BCUT2D eigenvalue weighted by molar-refractivity contribution is 0.102. The molecule has 0 aliphatic heterocycles. The molecule has 4 rings (SSSR count). The third kappa shape index (κ3) is 2.01. The molecule has 0 fully saturated rings. The SMILES string of the molecule is Cc1ccc2[nH]nc(C(=O)Nc3ccc4[nH]ncc4c3)c2c1. The van der Waals surface area contributed by atoms with Gasteiger partial charge in [-0.1, -0.05) is 11.6 Å². The quantitative estimate of drug-likeness (QED) is 0.530. The number of nitrogens with one attached hydrogen (secondary N) is 3. The zero-order chi connectivity index (χ0) is 15.1.